The van der Waals surface area contributed by atoms with E-state index in [-0.39, 0.29) is 6.10 Å². The van der Waals surface area contributed by atoms with Gasteiger partial charge in [-0.15, -0.1) is 0 Å². The predicted octanol–water partition coefficient (Wildman–Crippen LogP) is 5.59. The van der Waals surface area contributed by atoms with Gasteiger partial charge >= 0.3 is 0 Å². The largest absolute Gasteiger partial charge is 0.389 e. The Morgan fingerprint density at radius 3 is 2.48 bits per heavy atom. The molecule has 1 heteroatoms. The molecule has 1 aliphatic carbocycles. The summed E-state index contributed by atoms with van der Waals surface area (Å²) in [5.41, 5.74) is 3.89. The molecule has 0 aromatic heterocycles. The molecule has 1 nitrogen and oxygen atoms in total. The third-order valence-corrected chi connectivity index (χ3v) is 4.25. The first-order valence-electron chi connectivity index (χ1n) is 8.24. The van der Waals surface area contributed by atoms with Crippen molar-refractivity contribution in [2.24, 2.45) is 11.8 Å². The molecule has 1 rings (SSSR count). The summed E-state index contributed by atoms with van der Waals surface area (Å²) >= 11 is 0. The molecule has 118 valence electrons. The molecule has 2 atom stereocenters. The molecule has 0 aromatic rings. The van der Waals surface area contributed by atoms with Crippen molar-refractivity contribution in [1.29, 1.82) is 0 Å². The SMILES string of the molecule is CC1=C\C/C=C(\C)C[C@@H](O)/C=C(\C)CC[C@H](C(C)C)/C=C\1. The molecule has 0 spiro atoms. The highest BCUT2D eigenvalue weighted by molar-refractivity contribution is 5.19. The minimum atomic E-state index is -0.345. The Morgan fingerprint density at radius 1 is 1.10 bits per heavy atom. The van der Waals surface area contributed by atoms with Crippen molar-refractivity contribution in [1.82, 2.24) is 0 Å². The Bertz CT molecular complexity index is 435. The maximum atomic E-state index is 10.1. The number of aliphatic hydroxyl groups is 1. The Kier molecular flexibility index (Phi) is 7.74. The molecule has 0 fully saturated rings. The second-order valence-electron chi connectivity index (χ2n) is 6.82. The normalized spacial score (nSPS) is 34.9. The molecular formula is C20H32O. The van der Waals surface area contributed by atoms with Crippen LogP contribution >= 0.6 is 0 Å². The zero-order valence-corrected chi connectivity index (χ0v) is 14.4. The van der Waals surface area contributed by atoms with Crippen molar-refractivity contribution in [3.63, 3.8) is 0 Å². The first-order valence-corrected chi connectivity index (χ1v) is 8.24. The van der Waals surface area contributed by atoms with Gasteiger partial charge in [0.15, 0.2) is 0 Å². The lowest BCUT2D eigenvalue weighted by atomic mass is 9.88. The molecule has 0 saturated carbocycles. The highest BCUT2D eigenvalue weighted by atomic mass is 16.3. The lowest BCUT2D eigenvalue weighted by Crippen LogP contribution is -2.07. The van der Waals surface area contributed by atoms with Crippen LogP contribution in [0.5, 0.6) is 0 Å². The van der Waals surface area contributed by atoms with Gasteiger partial charge in [-0.25, -0.2) is 0 Å². The Hall–Kier alpha value is -1.08. The van der Waals surface area contributed by atoms with E-state index >= 15 is 0 Å². The van der Waals surface area contributed by atoms with Crippen LogP contribution in [-0.2, 0) is 0 Å². The van der Waals surface area contributed by atoms with Gasteiger partial charge in [-0.1, -0.05) is 60.9 Å². The first kappa shape index (κ1) is 18.0. The van der Waals surface area contributed by atoms with Gasteiger partial charge in [-0.3, -0.25) is 0 Å². The minimum Gasteiger partial charge on any atom is -0.389 e. The quantitative estimate of drug-likeness (QED) is 0.624. The monoisotopic (exact) mass is 288 g/mol. The molecule has 0 bridgehead atoms. The van der Waals surface area contributed by atoms with Crippen LogP contribution in [0, 0.1) is 11.8 Å². The topological polar surface area (TPSA) is 20.2 Å². The van der Waals surface area contributed by atoms with Gasteiger partial charge in [-0.2, -0.15) is 0 Å². The highest BCUT2D eigenvalue weighted by Gasteiger charge is 2.11. The number of allylic oxidation sites excluding steroid dienone is 6. The van der Waals surface area contributed by atoms with Crippen molar-refractivity contribution in [3.8, 4) is 0 Å². The molecule has 0 heterocycles. The molecule has 0 saturated heterocycles. The van der Waals surface area contributed by atoms with Crippen LogP contribution in [0.4, 0.5) is 0 Å². The lowest BCUT2D eigenvalue weighted by molar-refractivity contribution is 0.222. The maximum absolute atomic E-state index is 10.1. The summed E-state index contributed by atoms with van der Waals surface area (Å²) in [7, 11) is 0. The van der Waals surface area contributed by atoms with E-state index in [1.54, 1.807) is 0 Å². The fraction of sp³-hybridized carbons (Fsp3) is 0.600. The lowest BCUT2D eigenvalue weighted by Gasteiger charge is -2.18. The van der Waals surface area contributed by atoms with Gasteiger partial charge in [0, 0.05) is 0 Å². The van der Waals surface area contributed by atoms with Crippen molar-refractivity contribution >= 4 is 0 Å². The van der Waals surface area contributed by atoms with Crippen LogP contribution in [0.25, 0.3) is 0 Å². The van der Waals surface area contributed by atoms with E-state index in [0.717, 1.165) is 25.7 Å². The Balaban J connectivity index is 2.94. The number of hydrogen-bond acceptors (Lipinski definition) is 1. The fourth-order valence-corrected chi connectivity index (χ4v) is 2.72. The summed E-state index contributed by atoms with van der Waals surface area (Å²) < 4.78 is 0. The van der Waals surface area contributed by atoms with Crippen molar-refractivity contribution in [2.75, 3.05) is 0 Å². The smallest absolute Gasteiger partial charge is 0.0760 e. The molecule has 0 aromatic carbocycles. The minimum absolute atomic E-state index is 0.345. The molecule has 1 N–H and O–H groups in total. The van der Waals surface area contributed by atoms with Gasteiger partial charge in [0.05, 0.1) is 6.10 Å². The van der Waals surface area contributed by atoms with Crippen LogP contribution in [0.1, 0.15) is 60.3 Å². The zero-order valence-electron chi connectivity index (χ0n) is 14.4. The van der Waals surface area contributed by atoms with Crippen LogP contribution in [0.2, 0.25) is 0 Å². The van der Waals surface area contributed by atoms with E-state index in [9.17, 15) is 5.11 Å². The van der Waals surface area contributed by atoms with Crippen LogP contribution in [0.3, 0.4) is 0 Å². The molecule has 0 amide bonds. The standard InChI is InChI=1S/C20H32O/c1-15(2)19-11-9-16(3)7-6-8-17(4)13-20(21)14-18(5)10-12-19/h7-9,11,14-15,19-21H,6,10,12-13H2,1-5H3/b11-9-,16-7+,17-8+,18-14+/t19-,20-/m1/s1. The fourth-order valence-electron chi connectivity index (χ4n) is 2.72. The second-order valence-corrected chi connectivity index (χ2v) is 6.82. The second kappa shape index (κ2) is 9.04. The van der Waals surface area contributed by atoms with Gasteiger partial charge in [0.25, 0.3) is 0 Å². The zero-order chi connectivity index (χ0) is 15.8. The van der Waals surface area contributed by atoms with E-state index in [4.69, 9.17) is 0 Å². The average molecular weight is 288 g/mol. The van der Waals surface area contributed by atoms with Crippen LogP contribution < -0.4 is 0 Å². The maximum Gasteiger partial charge on any atom is 0.0760 e. The van der Waals surface area contributed by atoms with E-state index in [1.165, 1.54) is 16.7 Å². The molecule has 1 aliphatic rings. The van der Waals surface area contributed by atoms with Gasteiger partial charge < -0.3 is 5.11 Å². The molecule has 21 heavy (non-hydrogen) atoms. The van der Waals surface area contributed by atoms with E-state index < -0.39 is 0 Å². The molecule has 0 radical (unpaired) electrons. The third kappa shape index (κ3) is 7.47. The molecule has 0 aliphatic heterocycles. The predicted molar refractivity (Wildman–Crippen MR) is 93.2 cm³/mol. The summed E-state index contributed by atoms with van der Waals surface area (Å²) in [5, 5.41) is 10.1. The third-order valence-electron chi connectivity index (χ3n) is 4.25. The van der Waals surface area contributed by atoms with Crippen molar-refractivity contribution in [2.45, 2.75) is 66.4 Å². The number of aliphatic hydroxyl groups excluding tert-OH is 1. The van der Waals surface area contributed by atoms with Crippen molar-refractivity contribution in [3.05, 3.63) is 47.1 Å². The number of rotatable bonds is 1. The van der Waals surface area contributed by atoms with Gasteiger partial charge in [0.2, 0.25) is 0 Å². The van der Waals surface area contributed by atoms with E-state index in [2.05, 4.69) is 58.9 Å². The highest BCUT2D eigenvalue weighted by Crippen LogP contribution is 2.23. The van der Waals surface area contributed by atoms with Crippen LogP contribution in [0.15, 0.2) is 47.1 Å². The summed E-state index contributed by atoms with van der Waals surface area (Å²) in [5.74, 6) is 1.26. The van der Waals surface area contributed by atoms with Crippen molar-refractivity contribution < 1.29 is 5.11 Å². The van der Waals surface area contributed by atoms with Gasteiger partial charge in [0.1, 0.15) is 0 Å². The Labute approximate surface area is 131 Å². The summed E-state index contributed by atoms with van der Waals surface area (Å²) in [6.07, 6.45) is 14.7. The number of hydrogen-bond donors (Lipinski definition) is 1. The summed E-state index contributed by atoms with van der Waals surface area (Å²) in [6, 6.07) is 0. The van der Waals surface area contributed by atoms with Crippen LogP contribution in [-0.4, -0.2) is 11.2 Å². The van der Waals surface area contributed by atoms with E-state index in [0.29, 0.717) is 11.8 Å². The summed E-state index contributed by atoms with van der Waals surface area (Å²) in [4.78, 5) is 0. The molecular weight excluding hydrogens is 256 g/mol. The Morgan fingerprint density at radius 2 is 1.81 bits per heavy atom. The van der Waals surface area contributed by atoms with E-state index in [1.807, 2.05) is 6.08 Å². The summed E-state index contributed by atoms with van der Waals surface area (Å²) in [6.45, 7) is 11.0. The van der Waals surface area contributed by atoms with Gasteiger partial charge in [-0.05, 0) is 58.3 Å². The molecule has 0 unspecified atom stereocenters. The average Bonchev–Trinajstić information content (AvgIpc) is 2.36. The first-order chi connectivity index (χ1) is 9.88.